The normalized spacial score (nSPS) is 25.3. The lowest BCUT2D eigenvalue weighted by Gasteiger charge is -2.17. The van der Waals surface area contributed by atoms with Gasteiger partial charge < -0.3 is 5.32 Å². The molecule has 2 fully saturated rings. The largest absolute Gasteiger partial charge is 0.313 e. The molecule has 1 aliphatic carbocycles. The Labute approximate surface area is 112 Å². The van der Waals surface area contributed by atoms with Gasteiger partial charge in [-0.15, -0.1) is 0 Å². The van der Waals surface area contributed by atoms with Gasteiger partial charge in [0.25, 0.3) is 0 Å². The summed E-state index contributed by atoms with van der Waals surface area (Å²) in [5.41, 5.74) is -0.143. The Balaban J connectivity index is 1.50. The summed E-state index contributed by atoms with van der Waals surface area (Å²) in [4.78, 5) is 2.65. The average Bonchev–Trinajstić information content (AvgIpc) is 3.09. The van der Waals surface area contributed by atoms with E-state index in [9.17, 15) is 0 Å². The third-order valence-corrected chi connectivity index (χ3v) is 4.25. The van der Waals surface area contributed by atoms with E-state index in [-0.39, 0.29) is 5.41 Å². The van der Waals surface area contributed by atoms with Crippen molar-refractivity contribution in [1.82, 2.24) is 10.2 Å². The van der Waals surface area contributed by atoms with Gasteiger partial charge in [0.1, 0.15) is 0 Å². The Morgan fingerprint density at radius 1 is 1.28 bits per heavy atom. The van der Waals surface area contributed by atoms with Crippen LogP contribution in [0.15, 0.2) is 0 Å². The van der Waals surface area contributed by atoms with Crippen molar-refractivity contribution in [3.8, 4) is 6.07 Å². The number of hydrogen-bond donors (Lipinski definition) is 1. The molecule has 0 amide bonds. The third kappa shape index (κ3) is 4.26. The fourth-order valence-electron chi connectivity index (χ4n) is 2.78. The van der Waals surface area contributed by atoms with Crippen molar-refractivity contribution in [3.05, 3.63) is 0 Å². The second-order valence-corrected chi connectivity index (χ2v) is 6.62. The summed E-state index contributed by atoms with van der Waals surface area (Å²) in [5.74, 6) is 0. The predicted molar refractivity (Wildman–Crippen MR) is 74.2 cm³/mol. The van der Waals surface area contributed by atoms with Crippen molar-refractivity contribution < 1.29 is 0 Å². The number of nitrogens with zero attached hydrogens (tertiary/aromatic N) is 2. The average molecular weight is 249 g/mol. The number of hydrogen-bond acceptors (Lipinski definition) is 3. The summed E-state index contributed by atoms with van der Waals surface area (Å²) in [6.07, 6.45) is 7.55. The molecule has 0 spiro atoms. The van der Waals surface area contributed by atoms with Crippen LogP contribution in [0.4, 0.5) is 0 Å². The molecule has 1 unspecified atom stereocenters. The molecule has 18 heavy (non-hydrogen) atoms. The van der Waals surface area contributed by atoms with Crippen LogP contribution in [0.3, 0.4) is 0 Å². The molecule has 3 heteroatoms. The molecule has 0 bridgehead atoms. The van der Waals surface area contributed by atoms with Crippen molar-refractivity contribution >= 4 is 0 Å². The van der Waals surface area contributed by atoms with Crippen LogP contribution in [0, 0.1) is 16.7 Å². The number of nitrogens with one attached hydrogen (secondary N) is 1. The Morgan fingerprint density at radius 2 is 2.06 bits per heavy atom. The van der Waals surface area contributed by atoms with Gasteiger partial charge in [-0.1, -0.05) is 6.42 Å². The zero-order chi connectivity index (χ0) is 13.0. The lowest BCUT2D eigenvalue weighted by Crippen LogP contribution is -2.33. The molecular formula is C15H27N3. The maximum atomic E-state index is 8.94. The molecule has 1 atom stereocenters. The predicted octanol–water partition coefficient (Wildman–Crippen LogP) is 2.53. The second-order valence-electron chi connectivity index (χ2n) is 6.62. The van der Waals surface area contributed by atoms with Crippen molar-refractivity contribution in [2.75, 3.05) is 19.6 Å². The molecule has 0 aromatic carbocycles. The molecule has 2 aliphatic rings. The first-order valence-corrected chi connectivity index (χ1v) is 7.49. The Morgan fingerprint density at radius 3 is 2.72 bits per heavy atom. The highest BCUT2D eigenvalue weighted by Crippen LogP contribution is 2.29. The minimum Gasteiger partial charge on any atom is -0.313 e. The van der Waals surface area contributed by atoms with E-state index in [1.807, 2.05) is 13.8 Å². The second kappa shape index (κ2) is 6.04. The monoisotopic (exact) mass is 249 g/mol. The van der Waals surface area contributed by atoms with Crippen LogP contribution in [0.1, 0.15) is 52.4 Å². The highest BCUT2D eigenvalue weighted by Gasteiger charge is 2.33. The first-order chi connectivity index (χ1) is 8.61. The van der Waals surface area contributed by atoms with E-state index in [0.29, 0.717) is 0 Å². The van der Waals surface area contributed by atoms with Gasteiger partial charge in [0.2, 0.25) is 0 Å². The minimum atomic E-state index is -0.143. The van der Waals surface area contributed by atoms with E-state index in [4.69, 9.17) is 5.26 Å². The smallest absolute Gasteiger partial charge is 0.0683 e. The van der Waals surface area contributed by atoms with Gasteiger partial charge in [-0.05, 0) is 52.5 Å². The molecule has 0 radical (unpaired) electrons. The number of unbranched alkanes of at least 4 members (excludes halogenated alkanes) is 1. The summed E-state index contributed by atoms with van der Waals surface area (Å²) in [7, 11) is 0. The van der Waals surface area contributed by atoms with Crippen LogP contribution in [-0.2, 0) is 0 Å². The topological polar surface area (TPSA) is 39.1 Å². The van der Waals surface area contributed by atoms with Gasteiger partial charge in [0.05, 0.1) is 11.5 Å². The van der Waals surface area contributed by atoms with Gasteiger partial charge >= 0.3 is 0 Å². The van der Waals surface area contributed by atoms with Crippen molar-refractivity contribution in [1.29, 1.82) is 5.26 Å². The molecule has 0 aromatic heterocycles. The fourth-order valence-corrected chi connectivity index (χ4v) is 2.78. The highest BCUT2D eigenvalue weighted by molar-refractivity contribution is 4.92. The SMILES string of the molecule is CC(C)(C#N)CCCCNC1CCN(C2CC2)C1. The first-order valence-electron chi connectivity index (χ1n) is 7.49. The summed E-state index contributed by atoms with van der Waals surface area (Å²) in [5, 5.41) is 12.6. The van der Waals surface area contributed by atoms with Crippen molar-refractivity contribution in [2.45, 2.75) is 64.5 Å². The quantitative estimate of drug-likeness (QED) is 0.705. The van der Waals surface area contributed by atoms with Gasteiger partial charge in [0, 0.05) is 25.2 Å². The summed E-state index contributed by atoms with van der Waals surface area (Å²) >= 11 is 0. The Bertz CT molecular complexity index is 301. The summed E-state index contributed by atoms with van der Waals surface area (Å²) in [6, 6.07) is 4.01. The zero-order valence-corrected chi connectivity index (χ0v) is 11.9. The van der Waals surface area contributed by atoms with Crippen LogP contribution >= 0.6 is 0 Å². The zero-order valence-electron chi connectivity index (χ0n) is 11.9. The minimum absolute atomic E-state index is 0.143. The van der Waals surface area contributed by atoms with E-state index in [2.05, 4.69) is 16.3 Å². The molecular weight excluding hydrogens is 222 g/mol. The van der Waals surface area contributed by atoms with E-state index in [1.165, 1.54) is 38.8 Å². The Hall–Kier alpha value is -0.590. The molecule has 0 aromatic rings. The Kier molecular flexibility index (Phi) is 4.64. The molecule has 102 valence electrons. The highest BCUT2D eigenvalue weighted by atomic mass is 15.2. The first kappa shape index (κ1) is 13.8. The van der Waals surface area contributed by atoms with Crippen LogP contribution in [0.2, 0.25) is 0 Å². The number of rotatable bonds is 7. The van der Waals surface area contributed by atoms with E-state index in [1.54, 1.807) is 0 Å². The van der Waals surface area contributed by atoms with Crippen molar-refractivity contribution in [2.24, 2.45) is 5.41 Å². The molecule has 1 aliphatic heterocycles. The maximum absolute atomic E-state index is 8.94. The van der Waals surface area contributed by atoms with E-state index < -0.39 is 0 Å². The third-order valence-electron chi connectivity index (χ3n) is 4.25. The summed E-state index contributed by atoms with van der Waals surface area (Å²) < 4.78 is 0. The van der Waals surface area contributed by atoms with Crippen molar-refractivity contribution in [3.63, 3.8) is 0 Å². The van der Waals surface area contributed by atoms with Crippen LogP contribution in [0.25, 0.3) is 0 Å². The number of likely N-dealkylation sites (tertiary alicyclic amines) is 1. The van der Waals surface area contributed by atoms with Crippen LogP contribution < -0.4 is 5.32 Å². The lowest BCUT2D eigenvalue weighted by atomic mass is 9.89. The molecule has 1 heterocycles. The molecule has 1 saturated carbocycles. The van der Waals surface area contributed by atoms with Crippen LogP contribution in [0.5, 0.6) is 0 Å². The molecule has 1 saturated heterocycles. The van der Waals surface area contributed by atoms with Gasteiger partial charge in [-0.2, -0.15) is 5.26 Å². The summed E-state index contributed by atoms with van der Waals surface area (Å²) in [6.45, 7) is 7.73. The molecule has 1 N–H and O–H groups in total. The van der Waals surface area contributed by atoms with E-state index in [0.717, 1.165) is 31.5 Å². The number of nitriles is 1. The standard InChI is InChI=1S/C15H27N3/c1-15(2,12-16)8-3-4-9-17-13-7-10-18(11-13)14-5-6-14/h13-14,17H,3-11H2,1-2H3. The van der Waals surface area contributed by atoms with Gasteiger partial charge in [0.15, 0.2) is 0 Å². The van der Waals surface area contributed by atoms with Gasteiger partial charge in [-0.25, -0.2) is 0 Å². The van der Waals surface area contributed by atoms with Gasteiger partial charge in [-0.3, -0.25) is 4.90 Å². The molecule has 3 nitrogen and oxygen atoms in total. The maximum Gasteiger partial charge on any atom is 0.0683 e. The molecule has 2 rings (SSSR count). The van der Waals surface area contributed by atoms with E-state index >= 15 is 0 Å². The van der Waals surface area contributed by atoms with Crippen LogP contribution in [-0.4, -0.2) is 36.6 Å². The fraction of sp³-hybridized carbons (Fsp3) is 0.933. The lowest BCUT2D eigenvalue weighted by molar-refractivity contribution is 0.317.